The van der Waals surface area contributed by atoms with Gasteiger partial charge < -0.3 is 9.47 Å². The van der Waals surface area contributed by atoms with E-state index in [0.29, 0.717) is 6.42 Å². The molecular formula is C7H16N2O2. The number of hydrogen-bond acceptors (Lipinski definition) is 4. The second-order valence-corrected chi connectivity index (χ2v) is 2.74. The van der Waals surface area contributed by atoms with Gasteiger partial charge in [0.1, 0.15) is 0 Å². The van der Waals surface area contributed by atoms with Gasteiger partial charge in [-0.2, -0.15) is 5.11 Å². The van der Waals surface area contributed by atoms with Crippen LogP contribution in [0.25, 0.3) is 0 Å². The van der Waals surface area contributed by atoms with Crippen LogP contribution in [0.4, 0.5) is 0 Å². The molecule has 0 bridgehead atoms. The molecule has 4 nitrogen and oxygen atoms in total. The lowest BCUT2D eigenvalue weighted by Crippen LogP contribution is -2.29. The van der Waals surface area contributed by atoms with E-state index in [0.717, 1.165) is 0 Å². The third-order valence-electron chi connectivity index (χ3n) is 1.74. The molecule has 0 spiro atoms. The summed E-state index contributed by atoms with van der Waals surface area (Å²) < 4.78 is 10.1. The first-order valence-electron chi connectivity index (χ1n) is 3.54. The molecule has 0 radical (unpaired) electrons. The molecule has 0 aliphatic heterocycles. The van der Waals surface area contributed by atoms with E-state index in [9.17, 15) is 0 Å². The summed E-state index contributed by atoms with van der Waals surface area (Å²) >= 11 is 0. The summed E-state index contributed by atoms with van der Waals surface area (Å²) in [4.78, 5) is 0. The molecule has 0 aliphatic carbocycles. The Balaban J connectivity index is 3.96. The normalized spacial score (nSPS) is 18.9. The predicted molar refractivity (Wildman–Crippen MR) is 41.6 cm³/mol. The fourth-order valence-corrected chi connectivity index (χ4v) is 0.791. The van der Waals surface area contributed by atoms with Crippen molar-refractivity contribution in [2.75, 3.05) is 14.2 Å². The molecule has 4 heteroatoms. The van der Waals surface area contributed by atoms with Gasteiger partial charge in [0.2, 0.25) is 0 Å². The minimum Gasteiger partial charge on any atom is -0.382 e. The van der Waals surface area contributed by atoms with E-state index >= 15 is 0 Å². The highest BCUT2D eigenvalue weighted by atomic mass is 16.5. The van der Waals surface area contributed by atoms with E-state index < -0.39 is 5.72 Å². The van der Waals surface area contributed by atoms with Crippen LogP contribution in [0.1, 0.15) is 20.3 Å². The first kappa shape index (κ1) is 10.5. The molecule has 0 rings (SSSR count). The van der Waals surface area contributed by atoms with Gasteiger partial charge in [-0.25, -0.2) is 5.53 Å². The van der Waals surface area contributed by atoms with Gasteiger partial charge in [-0.1, -0.05) is 0 Å². The molecule has 1 N–H and O–H groups in total. The van der Waals surface area contributed by atoms with Gasteiger partial charge >= 0.3 is 0 Å². The lowest BCUT2D eigenvalue weighted by Gasteiger charge is -2.24. The van der Waals surface area contributed by atoms with Gasteiger partial charge in [0, 0.05) is 20.6 Å². The molecule has 2 atom stereocenters. The molecule has 0 aromatic rings. The molecule has 0 aromatic carbocycles. The fourth-order valence-electron chi connectivity index (χ4n) is 0.791. The zero-order valence-corrected chi connectivity index (χ0v) is 7.55. The second kappa shape index (κ2) is 4.41. The molecule has 2 unspecified atom stereocenters. The maximum atomic E-state index is 6.87. The van der Waals surface area contributed by atoms with Gasteiger partial charge in [0.25, 0.3) is 0 Å². The molecule has 0 saturated carbocycles. The summed E-state index contributed by atoms with van der Waals surface area (Å²) in [7, 11) is 3.17. The number of hydrogen-bond donors (Lipinski definition) is 1. The van der Waals surface area contributed by atoms with Crippen molar-refractivity contribution in [2.45, 2.75) is 32.1 Å². The average Bonchev–Trinajstić information content (AvgIpc) is 2.04. The van der Waals surface area contributed by atoms with Crippen LogP contribution in [0, 0.1) is 5.53 Å². The summed E-state index contributed by atoms with van der Waals surface area (Å²) in [5.74, 6) is 0. The van der Waals surface area contributed by atoms with E-state index in [1.54, 1.807) is 21.1 Å². The van der Waals surface area contributed by atoms with Gasteiger partial charge in [0.05, 0.1) is 6.10 Å². The van der Waals surface area contributed by atoms with E-state index in [1.165, 1.54) is 0 Å². The van der Waals surface area contributed by atoms with E-state index in [2.05, 4.69) is 5.11 Å². The molecule has 0 saturated heterocycles. The van der Waals surface area contributed by atoms with E-state index in [4.69, 9.17) is 15.0 Å². The molecular weight excluding hydrogens is 144 g/mol. The number of methoxy groups -OCH3 is 2. The highest BCUT2D eigenvalue weighted by molar-refractivity contribution is 4.71. The van der Waals surface area contributed by atoms with Crippen LogP contribution < -0.4 is 0 Å². The largest absolute Gasteiger partial charge is 0.382 e. The zero-order chi connectivity index (χ0) is 8.91. The van der Waals surface area contributed by atoms with Crippen LogP contribution in [0.15, 0.2) is 5.11 Å². The molecule has 0 aromatic heterocycles. The number of rotatable bonds is 5. The topological polar surface area (TPSA) is 54.7 Å². The average molecular weight is 160 g/mol. The summed E-state index contributed by atoms with van der Waals surface area (Å²) in [6.07, 6.45) is 0.665. The van der Waals surface area contributed by atoms with Crippen LogP contribution in [-0.2, 0) is 9.47 Å². The van der Waals surface area contributed by atoms with Crippen LogP contribution in [0.5, 0.6) is 0 Å². The van der Waals surface area contributed by atoms with Crippen molar-refractivity contribution in [1.29, 1.82) is 5.53 Å². The Kier molecular flexibility index (Phi) is 4.22. The quantitative estimate of drug-likeness (QED) is 0.623. The lowest BCUT2D eigenvalue weighted by molar-refractivity contribution is -0.0394. The SMILES string of the molecule is COC(C)CC(C)(N=N)OC. The Labute approximate surface area is 67.4 Å². The van der Waals surface area contributed by atoms with Crippen LogP contribution in [-0.4, -0.2) is 26.0 Å². The van der Waals surface area contributed by atoms with Gasteiger partial charge in [0.15, 0.2) is 5.72 Å². The Hall–Kier alpha value is -0.480. The van der Waals surface area contributed by atoms with Crippen LogP contribution in [0.2, 0.25) is 0 Å². The minimum absolute atomic E-state index is 0.0639. The summed E-state index contributed by atoms with van der Waals surface area (Å²) in [5.41, 5.74) is 6.14. The van der Waals surface area contributed by atoms with Crippen molar-refractivity contribution in [1.82, 2.24) is 0 Å². The van der Waals surface area contributed by atoms with Crippen LogP contribution in [0.3, 0.4) is 0 Å². The van der Waals surface area contributed by atoms with Crippen LogP contribution >= 0.6 is 0 Å². The second-order valence-electron chi connectivity index (χ2n) is 2.74. The monoisotopic (exact) mass is 160 g/mol. The third kappa shape index (κ3) is 3.43. The van der Waals surface area contributed by atoms with Crippen molar-refractivity contribution in [3.05, 3.63) is 0 Å². The number of nitrogens with zero attached hydrogens (tertiary/aromatic N) is 1. The standard InChI is InChI=1S/C7H16N2O2/c1-6(10-3)5-7(2,9-8)11-4/h6,8H,5H2,1-4H3. The highest BCUT2D eigenvalue weighted by Crippen LogP contribution is 2.18. The van der Waals surface area contributed by atoms with Crippen molar-refractivity contribution in [3.8, 4) is 0 Å². The van der Waals surface area contributed by atoms with Gasteiger partial charge in [-0.05, 0) is 13.8 Å². The van der Waals surface area contributed by atoms with E-state index in [-0.39, 0.29) is 6.10 Å². The first-order chi connectivity index (χ1) is 5.08. The molecule has 0 aliphatic rings. The first-order valence-corrected chi connectivity index (χ1v) is 3.54. The maximum absolute atomic E-state index is 6.87. The van der Waals surface area contributed by atoms with Crippen molar-refractivity contribution in [2.24, 2.45) is 5.11 Å². The maximum Gasteiger partial charge on any atom is 0.177 e. The zero-order valence-electron chi connectivity index (χ0n) is 7.55. The number of nitrogens with one attached hydrogen (secondary N) is 1. The predicted octanol–water partition coefficient (Wildman–Crippen LogP) is 1.80. The molecule has 11 heavy (non-hydrogen) atoms. The summed E-state index contributed by atoms with van der Waals surface area (Å²) in [5, 5.41) is 3.37. The van der Waals surface area contributed by atoms with Crippen molar-refractivity contribution in [3.63, 3.8) is 0 Å². The summed E-state index contributed by atoms with van der Waals surface area (Å²) in [6.45, 7) is 3.68. The molecule has 0 heterocycles. The van der Waals surface area contributed by atoms with Crippen molar-refractivity contribution < 1.29 is 9.47 Å². The molecule has 0 fully saturated rings. The molecule has 66 valence electrons. The minimum atomic E-state index is -0.727. The Morgan fingerprint density at radius 3 is 2.36 bits per heavy atom. The van der Waals surface area contributed by atoms with Gasteiger partial charge in [-0.15, -0.1) is 0 Å². The highest BCUT2D eigenvalue weighted by Gasteiger charge is 2.24. The van der Waals surface area contributed by atoms with Crippen molar-refractivity contribution >= 4 is 0 Å². The fraction of sp³-hybridized carbons (Fsp3) is 1.00. The lowest BCUT2D eigenvalue weighted by atomic mass is 10.1. The van der Waals surface area contributed by atoms with E-state index in [1.807, 2.05) is 6.92 Å². The Morgan fingerprint density at radius 2 is 2.09 bits per heavy atom. The third-order valence-corrected chi connectivity index (χ3v) is 1.74. The Morgan fingerprint density at radius 1 is 1.55 bits per heavy atom. The smallest absolute Gasteiger partial charge is 0.177 e. The molecule has 0 amide bonds. The number of ether oxygens (including phenoxy) is 2. The summed E-state index contributed by atoms with van der Waals surface area (Å²) in [6, 6.07) is 0. The Bertz CT molecular complexity index is 130. The van der Waals surface area contributed by atoms with Gasteiger partial charge in [-0.3, -0.25) is 0 Å².